The summed E-state index contributed by atoms with van der Waals surface area (Å²) in [5.41, 5.74) is -0.864. The van der Waals surface area contributed by atoms with E-state index in [9.17, 15) is 49.1 Å². The molecule has 0 spiro atoms. The van der Waals surface area contributed by atoms with Crippen molar-refractivity contribution in [2.75, 3.05) is 20.2 Å². The van der Waals surface area contributed by atoms with E-state index in [1.165, 1.54) is 7.11 Å². The van der Waals surface area contributed by atoms with Gasteiger partial charge >= 0.3 is 24.5 Å². The normalized spacial score (nSPS) is 22.6. The number of nitrogens with one attached hydrogen (secondary N) is 1. The Balaban J connectivity index is 0.000000804. The molecule has 2 saturated heterocycles. The van der Waals surface area contributed by atoms with E-state index >= 15 is 0 Å². The van der Waals surface area contributed by atoms with Crippen LogP contribution in [-0.4, -0.2) is 90.8 Å². The first-order chi connectivity index (χ1) is 22.2. The number of carboxylic acids is 1. The summed E-state index contributed by atoms with van der Waals surface area (Å²) in [4.78, 5) is 50.2. The minimum Gasteiger partial charge on any atom is -0.475 e. The van der Waals surface area contributed by atoms with Gasteiger partial charge in [0, 0.05) is 19.1 Å². The van der Waals surface area contributed by atoms with Crippen LogP contribution in [0.4, 0.5) is 26.3 Å². The summed E-state index contributed by atoms with van der Waals surface area (Å²) < 4.78 is 106. The number of sulfonamides is 1. The molecule has 2 fully saturated rings. The number of benzene rings is 2. The van der Waals surface area contributed by atoms with Crippen LogP contribution in [0.1, 0.15) is 25.8 Å². The summed E-state index contributed by atoms with van der Waals surface area (Å²) in [6, 6.07) is 11.6. The number of imide groups is 1. The van der Waals surface area contributed by atoms with Crippen LogP contribution in [0.25, 0.3) is 0 Å². The molecular formula is C29H31F6N3O9S. The lowest BCUT2D eigenvalue weighted by Crippen LogP contribution is -2.58. The Labute approximate surface area is 270 Å². The maximum absolute atomic E-state index is 13.7. The average molecular weight is 712 g/mol. The van der Waals surface area contributed by atoms with Crippen LogP contribution in [0, 0.1) is 11.8 Å². The quantitative estimate of drug-likeness (QED) is 0.213. The number of fused-ring (bicyclic) bond motifs is 1. The molecule has 19 heteroatoms. The Morgan fingerprint density at radius 2 is 1.54 bits per heavy atom. The Hall–Kier alpha value is -4.23. The number of hydrogen-bond donors (Lipinski definition) is 2. The van der Waals surface area contributed by atoms with Gasteiger partial charge in [0.2, 0.25) is 21.8 Å². The van der Waals surface area contributed by atoms with Crippen LogP contribution >= 0.6 is 0 Å². The van der Waals surface area contributed by atoms with Gasteiger partial charge in [-0.3, -0.25) is 24.6 Å². The highest BCUT2D eigenvalue weighted by Crippen LogP contribution is 2.46. The molecule has 48 heavy (non-hydrogen) atoms. The van der Waals surface area contributed by atoms with Gasteiger partial charge in [0.1, 0.15) is 11.3 Å². The Bertz CT molecular complexity index is 1600. The van der Waals surface area contributed by atoms with Gasteiger partial charge in [-0.25, -0.2) is 13.2 Å². The van der Waals surface area contributed by atoms with Gasteiger partial charge in [0.15, 0.2) is 0 Å². The molecule has 4 atom stereocenters. The van der Waals surface area contributed by atoms with E-state index in [1.807, 2.05) is 0 Å². The fraction of sp³-hybridized carbons (Fsp3) is 0.448. The van der Waals surface area contributed by atoms with Crippen molar-refractivity contribution >= 4 is 33.8 Å². The minimum atomic E-state index is -5.08. The lowest BCUT2D eigenvalue weighted by molar-refractivity contribution is -0.274. The van der Waals surface area contributed by atoms with Crippen molar-refractivity contribution in [1.29, 1.82) is 0 Å². The van der Waals surface area contributed by atoms with Crippen molar-refractivity contribution in [1.82, 2.24) is 14.5 Å². The maximum atomic E-state index is 13.7. The zero-order chi connectivity index (χ0) is 36.2. The predicted octanol–water partition coefficient (Wildman–Crippen LogP) is 3.32. The van der Waals surface area contributed by atoms with E-state index in [0.29, 0.717) is 5.56 Å². The summed E-state index contributed by atoms with van der Waals surface area (Å²) in [6.07, 6.45) is -9.93. The summed E-state index contributed by atoms with van der Waals surface area (Å²) in [7, 11) is -3.09. The molecule has 2 aliphatic rings. The Kier molecular flexibility index (Phi) is 11.5. The zero-order valence-electron chi connectivity index (χ0n) is 25.5. The lowest BCUT2D eigenvalue weighted by atomic mass is 9.78. The topological polar surface area (TPSA) is 160 Å². The van der Waals surface area contributed by atoms with Gasteiger partial charge in [0.25, 0.3) is 0 Å². The second-order valence-electron chi connectivity index (χ2n) is 10.6. The molecule has 2 amide bonds. The number of halogens is 6. The number of hydrogen-bond acceptors (Lipinski definition) is 9. The molecule has 2 heterocycles. The predicted molar refractivity (Wildman–Crippen MR) is 152 cm³/mol. The van der Waals surface area contributed by atoms with E-state index in [1.54, 1.807) is 44.2 Å². The standard InChI is InChI=1S/C27H30F3N3O7S.C2HF3O2/c1-4-26(25(36)39-3)22-21(23(34)33(24(22)35)15-17-9-7-6-8-10-17)20(31-26)16-32(5-2)41(37,38)19-13-11-18(12-14-19)40-27(28,29)30;3-2(4,5)1(6)7/h6-14,20-22,31H,4-5,15-16H2,1-3H3;(H,6,7)/t20-,21+,22-,26-;/m1./s1. The molecular weight excluding hydrogens is 680 g/mol. The fourth-order valence-electron chi connectivity index (χ4n) is 5.68. The third kappa shape index (κ3) is 8.07. The summed E-state index contributed by atoms with van der Waals surface area (Å²) in [5.74, 6) is -7.36. The van der Waals surface area contributed by atoms with Crippen molar-refractivity contribution < 1.29 is 68.5 Å². The molecule has 0 radical (unpaired) electrons. The highest BCUT2D eigenvalue weighted by Gasteiger charge is 2.68. The molecule has 2 N–H and O–H groups in total. The first kappa shape index (κ1) is 38.2. The monoisotopic (exact) mass is 711 g/mol. The number of likely N-dealkylation sites (tertiary alicyclic amines) is 1. The van der Waals surface area contributed by atoms with Crippen LogP contribution < -0.4 is 10.1 Å². The molecule has 2 aliphatic heterocycles. The number of nitrogens with zero attached hydrogens (tertiary/aromatic N) is 2. The second kappa shape index (κ2) is 14.5. The molecule has 0 aliphatic carbocycles. The van der Waals surface area contributed by atoms with Crippen molar-refractivity contribution in [3.63, 3.8) is 0 Å². The molecule has 264 valence electrons. The zero-order valence-corrected chi connectivity index (χ0v) is 26.4. The number of carboxylic acid groups (broad SMARTS) is 1. The molecule has 2 aromatic rings. The fourth-order valence-corrected chi connectivity index (χ4v) is 7.15. The number of rotatable bonds is 10. The molecule has 0 saturated carbocycles. The second-order valence-corrected chi connectivity index (χ2v) is 12.5. The van der Waals surface area contributed by atoms with Gasteiger partial charge in [-0.05, 0) is 36.2 Å². The number of methoxy groups -OCH3 is 1. The van der Waals surface area contributed by atoms with Gasteiger partial charge < -0.3 is 14.6 Å². The molecule has 2 aromatic carbocycles. The number of esters is 1. The number of carbonyl (C=O) groups excluding carboxylic acids is 3. The molecule has 0 aromatic heterocycles. The Morgan fingerprint density at radius 3 is 2.00 bits per heavy atom. The van der Waals surface area contributed by atoms with E-state index in [0.717, 1.165) is 33.5 Å². The molecule has 0 bridgehead atoms. The third-order valence-electron chi connectivity index (χ3n) is 7.83. The maximum Gasteiger partial charge on any atom is 0.573 e. The van der Waals surface area contributed by atoms with Gasteiger partial charge in [-0.1, -0.05) is 44.2 Å². The Morgan fingerprint density at radius 1 is 0.979 bits per heavy atom. The summed E-state index contributed by atoms with van der Waals surface area (Å²) >= 11 is 0. The number of likely N-dealkylation sites (N-methyl/N-ethyl adjacent to an activating group) is 1. The van der Waals surface area contributed by atoms with Crippen LogP contribution in [0.2, 0.25) is 0 Å². The van der Waals surface area contributed by atoms with E-state index in [4.69, 9.17) is 14.6 Å². The van der Waals surface area contributed by atoms with E-state index in [-0.39, 0.29) is 31.0 Å². The van der Waals surface area contributed by atoms with Crippen molar-refractivity contribution in [3.05, 3.63) is 60.2 Å². The number of alkyl halides is 6. The van der Waals surface area contributed by atoms with Gasteiger partial charge in [-0.2, -0.15) is 17.5 Å². The molecule has 0 unspecified atom stereocenters. The molecule has 12 nitrogen and oxygen atoms in total. The summed E-state index contributed by atoms with van der Waals surface area (Å²) in [6.45, 7) is 2.85. The SMILES string of the molecule is CCN(C[C@H]1N[C@@](CC)(C(=O)OC)[C@H]2C(=O)N(Cc3ccccc3)C(=O)[C@@H]12)S(=O)(=O)c1ccc(OC(F)(F)F)cc1.O=C(O)C(F)(F)F. The lowest BCUT2D eigenvalue weighted by Gasteiger charge is -2.32. The number of aliphatic carboxylic acids is 1. The number of ether oxygens (including phenoxy) is 2. The first-order valence-electron chi connectivity index (χ1n) is 14.1. The minimum absolute atomic E-state index is 0.0126. The van der Waals surface area contributed by atoms with Crippen LogP contribution in [0.5, 0.6) is 5.75 Å². The largest absolute Gasteiger partial charge is 0.573 e. The van der Waals surface area contributed by atoms with Crippen LogP contribution in [0.3, 0.4) is 0 Å². The highest BCUT2D eigenvalue weighted by molar-refractivity contribution is 7.89. The molecule has 4 rings (SSSR count). The van der Waals surface area contributed by atoms with Gasteiger partial charge in [0.05, 0.1) is 30.4 Å². The number of carbonyl (C=O) groups is 4. The van der Waals surface area contributed by atoms with Gasteiger partial charge in [-0.15, -0.1) is 13.2 Å². The third-order valence-corrected chi connectivity index (χ3v) is 9.79. The highest BCUT2D eigenvalue weighted by atomic mass is 32.2. The average Bonchev–Trinajstić information content (AvgIpc) is 3.48. The van der Waals surface area contributed by atoms with E-state index < -0.39 is 75.5 Å². The first-order valence-corrected chi connectivity index (χ1v) is 15.6. The van der Waals surface area contributed by atoms with Crippen molar-refractivity contribution in [3.8, 4) is 5.75 Å². The van der Waals surface area contributed by atoms with E-state index in [2.05, 4.69) is 10.1 Å². The summed E-state index contributed by atoms with van der Waals surface area (Å²) in [5, 5.41) is 10.2. The smallest absolute Gasteiger partial charge is 0.475 e. The number of amides is 2. The van der Waals surface area contributed by atoms with Crippen LogP contribution in [0.15, 0.2) is 59.5 Å². The van der Waals surface area contributed by atoms with Crippen LogP contribution in [-0.2, 0) is 40.5 Å². The van der Waals surface area contributed by atoms with Crippen molar-refractivity contribution in [2.24, 2.45) is 11.8 Å². The van der Waals surface area contributed by atoms with Crippen molar-refractivity contribution in [2.45, 2.75) is 55.8 Å².